The number of carbonyl (C=O) groups excluding carboxylic acids is 1. The van der Waals surface area contributed by atoms with E-state index in [2.05, 4.69) is 18.9 Å². The van der Waals surface area contributed by atoms with Crippen molar-refractivity contribution in [3.8, 4) is 10.4 Å². The van der Waals surface area contributed by atoms with Crippen molar-refractivity contribution in [1.29, 1.82) is 0 Å². The molecule has 4 rings (SSSR count). The van der Waals surface area contributed by atoms with Gasteiger partial charge in [-0.1, -0.05) is 19.1 Å². The molecular weight excluding hydrogens is 427 g/mol. The summed E-state index contributed by atoms with van der Waals surface area (Å²) >= 11 is 1.16. The molecule has 2 heterocycles. The van der Waals surface area contributed by atoms with Crippen LogP contribution in [0.15, 0.2) is 30.3 Å². The molecule has 0 radical (unpaired) electrons. The second-order valence-electron chi connectivity index (χ2n) is 9.34. The fraction of sp³-hybridized carbons (Fsp3) is 0.520. The molecule has 1 aromatic carbocycles. The van der Waals surface area contributed by atoms with Crippen LogP contribution in [0.3, 0.4) is 0 Å². The lowest BCUT2D eigenvalue weighted by Crippen LogP contribution is -2.49. The van der Waals surface area contributed by atoms with Crippen molar-refractivity contribution < 1.29 is 19.1 Å². The number of rotatable bonds is 5. The van der Waals surface area contributed by atoms with Crippen molar-refractivity contribution in [2.75, 3.05) is 25.0 Å². The number of benzene rings is 1. The van der Waals surface area contributed by atoms with Crippen molar-refractivity contribution in [2.24, 2.45) is 11.8 Å². The summed E-state index contributed by atoms with van der Waals surface area (Å²) in [5.41, 5.74) is 1.26. The maximum Gasteiger partial charge on any atom is 0.348 e. The van der Waals surface area contributed by atoms with Gasteiger partial charge in [-0.05, 0) is 88.3 Å². The van der Waals surface area contributed by atoms with Gasteiger partial charge in [0.15, 0.2) is 0 Å². The van der Waals surface area contributed by atoms with Crippen LogP contribution < -0.4 is 4.90 Å². The molecule has 5 nitrogen and oxygen atoms in total. The number of carboxylic acid groups (broad SMARTS) is 1. The van der Waals surface area contributed by atoms with Crippen LogP contribution in [0.5, 0.6) is 0 Å². The molecule has 0 atom stereocenters. The van der Waals surface area contributed by atoms with E-state index in [1.165, 1.54) is 12.1 Å². The zero-order chi connectivity index (χ0) is 22.8. The van der Waals surface area contributed by atoms with E-state index in [1.807, 2.05) is 11.0 Å². The predicted octanol–water partition coefficient (Wildman–Crippen LogP) is 5.51. The number of amides is 1. The lowest BCUT2D eigenvalue weighted by atomic mass is 9.82. The van der Waals surface area contributed by atoms with Crippen LogP contribution in [0, 0.1) is 17.7 Å². The topological polar surface area (TPSA) is 60.9 Å². The lowest BCUT2D eigenvalue weighted by Gasteiger charge is -2.39. The Bertz CT molecular complexity index is 958. The van der Waals surface area contributed by atoms with Crippen LogP contribution in [0.2, 0.25) is 0 Å². The maximum atomic E-state index is 13.8. The second-order valence-corrected chi connectivity index (χ2v) is 10.4. The van der Waals surface area contributed by atoms with Gasteiger partial charge in [0.25, 0.3) is 0 Å². The predicted molar refractivity (Wildman–Crippen MR) is 126 cm³/mol. The van der Waals surface area contributed by atoms with E-state index in [4.69, 9.17) is 0 Å². The molecule has 1 aliphatic carbocycles. The molecule has 1 aromatic heterocycles. The number of hydrogen-bond acceptors (Lipinski definition) is 4. The van der Waals surface area contributed by atoms with E-state index in [0.717, 1.165) is 73.4 Å². The number of carbonyl (C=O) groups is 2. The molecule has 1 amide bonds. The molecule has 32 heavy (non-hydrogen) atoms. The van der Waals surface area contributed by atoms with Crippen molar-refractivity contribution in [3.63, 3.8) is 0 Å². The highest BCUT2D eigenvalue weighted by Gasteiger charge is 2.37. The fourth-order valence-electron chi connectivity index (χ4n) is 4.92. The molecule has 2 aromatic rings. The Balaban J connectivity index is 1.73. The average Bonchev–Trinajstić information content (AvgIpc) is 3.21. The van der Waals surface area contributed by atoms with E-state index >= 15 is 0 Å². The van der Waals surface area contributed by atoms with Gasteiger partial charge < -0.3 is 14.9 Å². The quantitative estimate of drug-likeness (QED) is 0.642. The van der Waals surface area contributed by atoms with Crippen molar-refractivity contribution in [1.82, 2.24) is 4.90 Å². The van der Waals surface area contributed by atoms with E-state index in [1.54, 1.807) is 12.1 Å². The first-order valence-electron chi connectivity index (χ1n) is 11.5. The number of carboxylic acids is 1. The van der Waals surface area contributed by atoms with Gasteiger partial charge in [-0.25, -0.2) is 9.18 Å². The van der Waals surface area contributed by atoms with Crippen LogP contribution in [0.4, 0.5) is 10.1 Å². The lowest BCUT2D eigenvalue weighted by molar-refractivity contribution is -0.124. The number of nitrogens with zero attached hydrogens (tertiary/aromatic N) is 2. The Morgan fingerprint density at radius 3 is 2.28 bits per heavy atom. The largest absolute Gasteiger partial charge is 0.477 e. The summed E-state index contributed by atoms with van der Waals surface area (Å²) in [6, 6.07) is 7.87. The minimum absolute atomic E-state index is 0.00758. The van der Waals surface area contributed by atoms with Crippen LogP contribution >= 0.6 is 11.3 Å². The second kappa shape index (κ2) is 9.71. The summed E-state index contributed by atoms with van der Waals surface area (Å²) in [5, 5.41) is 9.99. The highest BCUT2D eigenvalue weighted by Crippen LogP contribution is 2.41. The molecule has 0 bridgehead atoms. The van der Waals surface area contributed by atoms with Crippen LogP contribution in [-0.4, -0.2) is 48.1 Å². The van der Waals surface area contributed by atoms with Gasteiger partial charge >= 0.3 is 5.97 Å². The number of hydrogen-bond donors (Lipinski definition) is 1. The number of thiophene rings is 1. The van der Waals surface area contributed by atoms with Crippen LogP contribution in [0.1, 0.15) is 55.1 Å². The average molecular weight is 459 g/mol. The summed E-state index contributed by atoms with van der Waals surface area (Å²) in [6.45, 7) is 3.99. The maximum absolute atomic E-state index is 13.8. The summed E-state index contributed by atoms with van der Waals surface area (Å²) in [6.07, 6.45) is 5.45. The Morgan fingerprint density at radius 1 is 1.06 bits per heavy atom. The molecule has 0 spiro atoms. The van der Waals surface area contributed by atoms with Crippen LogP contribution in [0.25, 0.3) is 10.4 Å². The van der Waals surface area contributed by atoms with E-state index < -0.39 is 5.97 Å². The molecule has 1 saturated carbocycles. The summed E-state index contributed by atoms with van der Waals surface area (Å²) in [4.78, 5) is 31.0. The molecule has 1 N–H and O–H groups in total. The number of piperidine rings is 1. The minimum atomic E-state index is -1.03. The van der Waals surface area contributed by atoms with Crippen LogP contribution in [-0.2, 0) is 4.79 Å². The first kappa shape index (κ1) is 22.9. The standard InChI is InChI=1S/C25H31FN2O3S/c1-16-3-5-18(6-4-16)24(29)28(20-11-13-27(2)14-12-20)21-15-22(32-23(21)25(30)31)17-7-9-19(26)10-8-17/h7-10,15-16,18,20H,3-6,11-14H2,1-2H3,(H,30,31). The molecule has 172 valence electrons. The summed E-state index contributed by atoms with van der Waals surface area (Å²) < 4.78 is 13.4. The Hall–Kier alpha value is -2.25. The van der Waals surface area contributed by atoms with Gasteiger partial charge in [0.05, 0.1) is 5.69 Å². The molecule has 2 fully saturated rings. The summed E-state index contributed by atoms with van der Waals surface area (Å²) in [7, 11) is 2.07. The minimum Gasteiger partial charge on any atom is -0.477 e. The van der Waals surface area contributed by atoms with Gasteiger partial charge in [-0.2, -0.15) is 0 Å². The summed E-state index contributed by atoms with van der Waals surface area (Å²) in [5.74, 6) is -0.712. The van der Waals surface area contributed by atoms with Gasteiger partial charge in [-0.3, -0.25) is 4.79 Å². The fourth-order valence-corrected chi connectivity index (χ4v) is 5.92. The number of aromatic carboxylic acids is 1. The van der Waals surface area contributed by atoms with Crippen molar-refractivity contribution in [2.45, 2.75) is 51.5 Å². The highest BCUT2D eigenvalue weighted by molar-refractivity contribution is 7.18. The first-order chi connectivity index (χ1) is 15.3. The van der Waals surface area contributed by atoms with Gasteiger partial charge in [-0.15, -0.1) is 11.3 Å². The van der Waals surface area contributed by atoms with E-state index in [-0.39, 0.29) is 28.6 Å². The number of halogens is 1. The zero-order valence-electron chi connectivity index (χ0n) is 18.7. The third-order valence-electron chi connectivity index (χ3n) is 6.95. The normalized spacial score (nSPS) is 22.6. The van der Waals surface area contributed by atoms with Gasteiger partial charge in [0.2, 0.25) is 5.91 Å². The molecular formula is C25H31FN2O3S. The zero-order valence-corrected chi connectivity index (χ0v) is 19.5. The third kappa shape index (κ3) is 4.89. The molecule has 0 unspecified atom stereocenters. The Kier molecular flexibility index (Phi) is 6.96. The smallest absolute Gasteiger partial charge is 0.348 e. The third-order valence-corrected chi connectivity index (χ3v) is 8.11. The molecule has 2 aliphatic rings. The Morgan fingerprint density at radius 2 is 1.69 bits per heavy atom. The SMILES string of the molecule is CC1CCC(C(=O)N(c2cc(-c3ccc(F)cc3)sc2C(=O)O)C2CCN(C)CC2)CC1. The van der Waals surface area contributed by atoms with Gasteiger partial charge in [0, 0.05) is 16.8 Å². The molecule has 7 heteroatoms. The van der Waals surface area contributed by atoms with Crippen molar-refractivity contribution >= 4 is 28.9 Å². The molecule has 1 saturated heterocycles. The number of likely N-dealkylation sites (tertiary alicyclic amines) is 1. The molecule has 1 aliphatic heterocycles. The Labute approximate surface area is 192 Å². The number of anilines is 1. The van der Waals surface area contributed by atoms with Gasteiger partial charge in [0.1, 0.15) is 10.7 Å². The van der Waals surface area contributed by atoms with E-state index in [9.17, 15) is 19.1 Å². The highest BCUT2D eigenvalue weighted by atomic mass is 32.1. The van der Waals surface area contributed by atoms with Crippen molar-refractivity contribution in [3.05, 3.63) is 41.0 Å². The van der Waals surface area contributed by atoms with E-state index in [0.29, 0.717) is 11.6 Å². The first-order valence-corrected chi connectivity index (χ1v) is 12.3. The monoisotopic (exact) mass is 458 g/mol.